The zero-order valence-corrected chi connectivity index (χ0v) is 13.5. The molecule has 1 aliphatic heterocycles. The lowest BCUT2D eigenvalue weighted by Gasteiger charge is -2.32. The number of furan rings is 1. The van der Waals surface area contributed by atoms with Gasteiger partial charge in [0.25, 0.3) is 0 Å². The fraction of sp³-hybridized carbons (Fsp3) is 0.263. The van der Waals surface area contributed by atoms with Gasteiger partial charge in [0.15, 0.2) is 11.7 Å². The van der Waals surface area contributed by atoms with E-state index in [2.05, 4.69) is 69.5 Å². The molecule has 0 fully saturated rings. The number of fused-ring (bicyclic) bond motifs is 3. The zero-order valence-electron chi connectivity index (χ0n) is 13.5. The number of benzene rings is 2. The monoisotopic (exact) mass is 293 g/mol. The van der Waals surface area contributed by atoms with E-state index in [-0.39, 0.29) is 0 Å². The first kappa shape index (κ1) is 13.4. The highest BCUT2D eigenvalue weighted by Crippen LogP contribution is 2.40. The van der Waals surface area contributed by atoms with Gasteiger partial charge >= 0.3 is 0 Å². The average Bonchev–Trinajstić information content (AvgIpc) is 2.98. The summed E-state index contributed by atoms with van der Waals surface area (Å²) in [4.78, 5) is 2.33. The van der Waals surface area contributed by atoms with E-state index in [4.69, 9.17) is 4.42 Å². The third-order valence-electron chi connectivity index (χ3n) is 4.96. The van der Waals surface area contributed by atoms with Crippen LogP contribution in [0.2, 0.25) is 0 Å². The normalized spacial score (nSPS) is 20.4. The van der Waals surface area contributed by atoms with Crippen LogP contribution in [0, 0.1) is 6.92 Å². The highest BCUT2D eigenvalue weighted by Gasteiger charge is 2.35. The molecule has 1 aliphatic rings. The summed E-state index contributed by atoms with van der Waals surface area (Å²) in [5, 5.41) is 2.37. The Morgan fingerprint density at radius 3 is 2.55 bits per heavy atom. The van der Waals surface area contributed by atoms with E-state index in [9.17, 15) is 0 Å². The maximum Gasteiger partial charge on any atom is 0.169 e. The summed E-state index contributed by atoms with van der Waals surface area (Å²) in [6, 6.07) is 12.6. The van der Waals surface area contributed by atoms with Crippen molar-refractivity contribution in [3.8, 4) is 0 Å². The predicted octanol–water partition coefficient (Wildman–Crippen LogP) is 4.61. The summed E-state index contributed by atoms with van der Waals surface area (Å²) in [6.07, 6.45) is 4.75. The van der Waals surface area contributed by atoms with Crippen LogP contribution < -0.4 is 4.90 Å². The van der Waals surface area contributed by atoms with E-state index in [1.165, 1.54) is 22.0 Å². The van der Waals surface area contributed by atoms with Crippen LogP contribution in [0.3, 0.4) is 0 Å². The van der Waals surface area contributed by atoms with E-state index < -0.39 is 0 Å². The van der Waals surface area contributed by atoms with Crippen molar-refractivity contribution in [2.75, 3.05) is 19.0 Å². The van der Waals surface area contributed by atoms with Crippen LogP contribution in [0.5, 0.6) is 0 Å². The number of rotatable bonds is 1. The SMILES string of the molecule is Cc1ccc2c(oc3ccccc32)c1N1C=C[N+](C)(C)C1C. The van der Waals surface area contributed by atoms with Gasteiger partial charge in [-0.2, -0.15) is 0 Å². The number of hydrogen-bond donors (Lipinski definition) is 0. The molecule has 0 bridgehead atoms. The standard InChI is InChI=1S/C19H21N2O/c1-13-9-10-16-15-7-5-6-8-17(15)22-19(16)18(13)20-11-12-21(3,4)14(20)2/h5-12,14H,1-4H3/q+1. The number of quaternary nitrogens is 1. The molecule has 2 aromatic carbocycles. The first-order valence-electron chi connectivity index (χ1n) is 7.71. The number of aryl methyl sites for hydroxylation is 1. The van der Waals surface area contributed by atoms with Gasteiger partial charge < -0.3 is 4.42 Å². The first-order valence-corrected chi connectivity index (χ1v) is 7.71. The minimum atomic E-state index is 0.345. The Balaban J connectivity index is 2.01. The third-order valence-corrected chi connectivity index (χ3v) is 4.96. The summed E-state index contributed by atoms with van der Waals surface area (Å²) >= 11 is 0. The van der Waals surface area contributed by atoms with E-state index in [0.29, 0.717) is 6.17 Å². The van der Waals surface area contributed by atoms with Crippen LogP contribution in [-0.4, -0.2) is 24.7 Å². The Hall–Kier alpha value is -2.26. The number of para-hydroxylation sites is 1. The fourth-order valence-electron chi connectivity index (χ4n) is 3.27. The van der Waals surface area contributed by atoms with Crippen molar-refractivity contribution in [1.29, 1.82) is 0 Å². The highest BCUT2D eigenvalue weighted by atomic mass is 16.3. The fourth-order valence-corrected chi connectivity index (χ4v) is 3.27. The molecular formula is C19H21N2O+. The molecule has 0 amide bonds. The molecule has 0 spiro atoms. The van der Waals surface area contributed by atoms with Crippen molar-refractivity contribution in [1.82, 2.24) is 0 Å². The molecule has 0 radical (unpaired) electrons. The molecule has 22 heavy (non-hydrogen) atoms. The minimum Gasteiger partial charge on any atom is -0.454 e. The Labute approximate surface area is 130 Å². The second kappa shape index (κ2) is 4.37. The lowest BCUT2D eigenvalue weighted by atomic mass is 10.1. The minimum absolute atomic E-state index is 0.345. The quantitative estimate of drug-likeness (QED) is 0.609. The zero-order chi connectivity index (χ0) is 15.5. The summed E-state index contributed by atoms with van der Waals surface area (Å²) in [5.74, 6) is 0. The molecule has 1 unspecified atom stereocenters. The summed E-state index contributed by atoms with van der Waals surface area (Å²) < 4.78 is 7.05. The van der Waals surface area contributed by atoms with Crippen molar-refractivity contribution in [2.45, 2.75) is 20.0 Å². The van der Waals surface area contributed by atoms with Crippen LogP contribution in [0.25, 0.3) is 21.9 Å². The Morgan fingerprint density at radius 2 is 1.82 bits per heavy atom. The second-order valence-corrected chi connectivity index (χ2v) is 6.67. The first-order chi connectivity index (χ1) is 10.5. The summed E-state index contributed by atoms with van der Waals surface area (Å²) in [7, 11) is 4.44. The Bertz CT molecular complexity index is 904. The topological polar surface area (TPSA) is 16.4 Å². The van der Waals surface area contributed by atoms with Crippen LogP contribution in [0.1, 0.15) is 12.5 Å². The lowest BCUT2D eigenvalue weighted by molar-refractivity contribution is -0.856. The lowest BCUT2D eigenvalue weighted by Crippen LogP contribution is -2.46. The van der Waals surface area contributed by atoms with Gasteiger partial charge in [0.2, 0.25) is 0 Å². The maximum atomic E-state index is 6.21. The predicted molar refractivity (Wildman–Crippen MR) is 91.6 cm³/mol. The van der Waals surface area contributed by atoms with Gasteiger partial charge in [-0.25, -0.2) is 0 Å². The van der Waals surface area contributed by atoms with E-state index in [1.807, 2.05) is 12.1 Å². The van der Waals surface area contributed by atoms with Crippen molar-refractivity contribution in [3.05, 3.63) is 54.4 Å². The molecule has 0 N–H and O–H groups in total. The second-order valence-electron chi connectivity index (χ2n) is 6.67. The van der Waals surface area contributed by atoms with Gasteiger partial charge in [-0.05, 0) is 18.6 Å². The van der Waals surface area contributed by atoms with E-state index in [1.54, 1.807) is 0 Å². The van der Waals surface area contributed by atoms with E-state index >= 15 is 0 Å². The molecule has 1 atom stereocenters. The average molecular weight is 293 g/mol. The van der Waals surface area contributed by atoms with Gasteiger partial charge in [0.05, 0.1) is 26.0 Å². The molecule has 3 nitrogen and oxygen atoms in total. The number of hydrogen-bond acceptors (Lipinski definition) is 2. The van der Waals surface area contributed by atoms with Crippen molar-refractivity contribution in [3.63, 3.8) is 0 Å². The maximum absolute atomic E-state index is 6.21. The van der Waals surface area contributed by atoms with Crippen molar-refractivity contribution < 1.29 is 8.90 Å². The largest absolute Gasteiger partial charge is 0.454 e. The molecule has 1 aromatic heterocycles. The molecule has 0 saturated carbocycles. The molecular weight excluding hydrogens is 272 g/mol. The third kappa shape index (κ3) is 1.72. The number of anilines is 1. The summed E-state index contributed by atoms with van der Waals surface area (Å²) in [6.45, 7) is 4.40. The smallest absolute Gasteiger partial charge is 0.169 e. The van der Waals surface area contributed by atoms with Crippen LogP contribution in [-0.2, 0) is 0 Å². The van der Waals surface area contributed by atoms with Gasteiger partial charge in [-0.1, -0.05) is 30.3 Å². The molecule has 3 aromatic rings. The summed E-state index contributed by atoms with van der Waals surface area (Å²) in [5.41, 5.74) is 4.36. The Morgan fingerprint density at radius 1 is 1.05 bits per heavy atom. The highest BCUT2D eigenvalue weighted by molar-refractivity contribution is 6.09. The van der Waals surface area contributed by atoms with Crippen molar-refractivity contribution >= 4 is 27.6 Å². The Kier molecular flexibility index (Phi) is 2.66. The molecule has 2 heterocycles. The van der Waals surface area contributed by atoms with Gasteiger partial charge in [-0.15, -0.1) is 0 Å². The van der Waals surface area contributed by atoms with Crippen LogP contribution in [0.15, 0.2) is 53.2 Å². The van der Waals surface area contributed by atoms with Gasteiger partial charge in [0.1, 0.15) is 11.8 Å². The molecule has 3 heteroatoms. The molecule has 0 saturated heterocycles. The van der Waals surface area contributed by atoms with Gasteiger partial charge in [-0.3, -0.25) is 9.38 Å². The number of nitrogens with zero attached hydrogens (tertiary/aromatic N) is 2. The molecule has 4 rings (SSSR count). The molecule has 0 aliphatic carbocycles. The molecule has 112 valence electrons. The van der Waals surface area contributed by atoms with Crippen LogP contribution >= 0.6 is 0 Å². The van der Waals surface area contributed by atoms with E-state index in [0.717, 1.165) is 15.6 Å². The van der Waals surface area contributed by atoms with Gasteiger partial charge in [0, 0.05) is 17.7 Å². The van der Waals surface area contributed by atoms with Crippen molar-refractivity contribution in [2.24, 2.45) is 0 Å². The van der Waals surface area contributed by atoms with Crippen LogP contribution in [0.4, 0.5) is 5.69 Å².